The van der Waals surface area contributed by atoms with Crippen LogP contribution in [0.15, 0.2) is 16.2 Å². The molecule has 0 spiro atoms. The molecular weight excluding hydrogens is 244 g/mol. The number of aromatic nitrogens is 2. The third-order valence-electron chi connectivity index (χ3n) is 2.46. The zero-order valence-corrected chi connectivity index (χ0v) is 10.4. The predicted octanol–water partition coefficient (Wildman–Crippen LogP) is 1.89. The molecule has 0 fully saturated rings. The van der Waals surface area contributed by atoms with E-state index in [0.29, 0.717) is 15.9 Å². The second-order valence-corrected chi connectivity index (χ2v) is 4.87. The number of thiophene rings is 1. The van der Waals surface area contributed by atoms with Gasteiger partial charge in [-0.2, -0.15) is 0 Å². The number of hydrogen-bond donors (Lipinski definition) is 2. The largest absolute Gasteiger partial charge is 0.391 e. The third-order valence-corrected chi connectivity index (χ3v) is 3.68. The minimum absolute atomic E-state index is 0.124. The van der Waals surface area contributed by atoms with Gasteiger partial charge in [-0.1, -0.05) is 6.92 Å². The van der Waals surface area contributed by atoms with E-state index in [9.17, 15) is 9.90 Å². The van der Waals surface area contributed by atoms with Crippen LogP contribution >= 0.6 is 23.6 Å². The Morgan fingerprint density at radius 1 is 1.69 bits per heavy atom. The first-order valence-corrected chi connectivity index (χ1v) is 6.30. The van der Waals surface area contributed by atoms with E-state index in [1.807, 2.05) is 18.4 Å². The van der Waals surface area contributed by atoms with Gasteiger partial charge in [0.25, 0.3) is 5.56 Å². The second kappa shape index (κ2) is 4.48. The fourth-order valence-electron chi connectivity index (χ4n) is 1.48. The van der Waals surface area contributed by atoms with Crippen LogP contribution in [-0.4, -0.2) is 20.8 Å². The molecule has 4 nitrogen and oxygen atoms in total. The van der Waals surface area contributed by atoms with Crippen LogP contribution in [0.3, 0.4) is 0 Å². The molecule has 1 atom stereocenters. The molecule has 0 amide bonds. The van der Waals surface area contributed by atoms with E-state index in [4.69, 9.17) is 12.2 Å². The number of nitrogens with one attached hydrogen (secondary N) is 1. The zero-order valence-electron chi connectivity index (χ0n) is 8.77. The summed E-state index contributed by atoms with van der Waals surface area (Å²) in [5.74, 6) is 0. The molecule has 16 heavy (non-hydrogen) atoms. The molecule has 2 aromatic heterocycles. The lowest BCUT2D eigenvalue weighted by atomic mass is 10.3. The molecule has 0 aromatic carbocycles. The smallest absolute Gasteiger partial charge is 0.272 e. The van der Waals surface area contributed by atoms with Gasteiger partial charge in [0.15, 0.2) is 4.77 Å². The first kappa shape index (κ1) is 11.5. The van der Waals surface area contributed by atoms with Crippen molar-refractivity contribution < 1.29 is 5.11 Å². The van der Waals surface area contributed by atoms with Gasteiger partial charge < -0.3 is 10.1 Å². The van der Waals surface area contributed by atoms with Crippen molar-refractivity contribution in [2.75, 3.05) is 0 Å². The Bertz CT molecular complexity index is 611. The monoisotopic (exact) mass is 256 g/mol. The number of aromatic amines is 1. The summed E-state index contributed by atoms with van der Waals surface area (Å²) in [7, 11) is 0. The molecule has 0 aliphatic carbocycles. The van der Waals surface area contributed by atoms with E-state index >= 15 is 0 Å². The molecule has 2 rings (SSSR count). The lowest BCUT2D eigenvalue weighted by Crippen LogP contribution is -2.27. The van der Waals surface area contributed by atoms with Crippen LogP contribution in [0.25, 0.3) is 10.2 Å². The molecule has 6 heteroatoms. The Balaban J connectivity index is 2.60. The topological polar surface area (TPSA) is 58.0 Å². The van der Waals surface area contributed by atoms with E-state index in [-0.39, 0.29) is 12.1 Å². The van der Waals surface area contributed by atoms with E-state index in [1.165, 1.54) is 15.9 Å². The number of hydrogen-bond acceptors (Lipinski definition) is 4. The molecule has 0 saturated heterocycles. The molecule has 0 aliphatic heterocycles. The molecule has 0 bridgehead atoms. The van der Waals surface area contributed by atoms with Gasteiger partial charge in [0.1, 0.15) is 4.70 Å². The van der Waals surface area contributed by atoms with Crippen molar-refractivity contribution in [3.8, 4) is 0 Å². The Morgan fingerprint density at radius 2 is 2.44 bits per heavy atom. The van der Waals surface area contributed by atoms with Gasteiger partial charge in [0.2, 0.25) is 0 Å². The van der Waals surface area contributed by atoms with Crippen molar-refractivity contribution in [2.24, 2.45) is 0 Å². The van der Waals surface area contributed by atoms with Crippen LogP contribution in [0, 0.1) is 4.77 Å². The Kier molecular flexibility index (Phi) is 3.22. The van der Waals surface area contributed by atoms with Gasteiger partial charge in [-0.15, -0.1) is 11.3 Å². The summed E-state index contributed by atoms with van der Waals surface area (Å²) in [6.07, 6.45) is 0.0640. The average molecular weight is 256 g/mol. The van der Waals surface area contributed by atoms with Crippen molar-refractivity contribution in [1.29, 1.82) is 0 Å². The van der Waals surface area contributed by atoms with Gasteiger partial charge in [0, 0.05) is 0 Å². The van der Waals surface area contributed by atoms with Crippen LogP contribution < -0.4 is 5.56 Å². The lowest BCUT2D eigenvalue weighted by Gasteiger charge is -2.10. The molecular formula is C10H12N2O2S2. The van der Waals surface area contributed by atoms with Crippen LogP contribution in [0.5, 0.6) is 0 Å². The highest BCUT2D eigenvalue weighted by Gasteiger charge is 2.09. The average Bonchev–Trinajstić information content (AvgIpc) is 2.71. The predicted molar refractivity (Wildman–Crippen MR) is 67.6 cm³/mol. The minimum Gasteiger partial charge on any atom is -0.391 e. The van der Waals surface area contributed by atoms with Crippen molar-refractivity contribution in [1.82, 2.24) is 9.55 Å². The number of fused-ring (bicyclic) bond motifs is 1. The quantitative estimate of drug-likeness (QED) is 0.825. The third kappa shape index (κ3) is 1.95. The van der Waals surface area contributed by atoms with E-state index < -0.39 is 6.10 Å². The first-order valence-electron chi connectivity index (χ1n) is 5.02. The normalized spacial score (nSPS) is 13.1. The van der Waals surface area contributed by atoms with Gasteiger partial charge in [-0.05, 0) is 30.1 Å². The molecule has 0 radical (unpaired) electrons. The highest BCUT2D eigenvalue weighted by Crippen LogP contribution is 2.14. The Hall–Kier alpha value is -0.980. The molecule has 0 saturated carbocycles. The number of H-pyrrole nitrogens is 1. The SMILES string of the molecule is CCC(O)Cn1c(=S)[nH]c2ccsc2c1=O. The summed E-state index contributed by atoms with van der Waals surface area (Å²) in [5, 5.41) is 11.4. The molecule has 2 aromatic rings. The van der Waals surface area contributed by atoms with Crippen LogP contribution in [0.4, 0.5) is 0 Å². The minimum atomic E-state index is -0.537. The lowest BCUT2D eigenvalue weighted by molar-refractivity contribution is 0.148. The summed E-state index contributed by atoms with van der Waals surface area (Å²) in [6.45, 7) is 2.12. The zero-order chi connectivity index (χ0) is 11.7. The molecule has 86 valence electrons. The Labute approximate surface area is 101 Å². The van der Waals surface area contributed by atoms with Gasteiger partial charge in [-0.25, -0.2) is 0 Å². The highest BCUT2D eigenvalue weighted by molar-refractivity contribution is 7.71. The maximum atomic E-state index is 12.0. The van der Waals surface area contributed by atoms with E-state index in [1.54, 1.807) is 0 Å². The second-order valence-electron chi connectivity index (χ2n) is 3.57. The fourth-order valence-corrected chi connectivity index (χ4v) is 2.54. The van der Waals surface area contributed by atoms with Crippen molar-refractivity contribution in [2.45, 2.75) is 26.0 Å². The summed E-state index contributed by atoms with van der Waals surface area (Å²) < 4.78 is 2.43. The summed E-state index contributed by atoms with van der Waals surface area (Å²) >= 11 is 6.48. The molecule has 2 N–H and O–H groups in total. The van der Waals surface area contributed by atoms with Gasteiger partial charge >= 0.3 is 0 Å². The van der Waals surface area contributed by atoms with Gasteiger partial charge in [0.05, 0.1) is 18.2 Å². The van der Waals surface area contributed by atoms with Crippen LogP contribution in [-0.2, 0) is 6.54 Å². The molecule has 2 heterocycles. The van der Waals surface area contributed by atoms with E-state index in [0.717, 1.165) is 5.52 Å². The molecule has 0 aliphatic rings. The summed E-state index contributed by atoms with van der Waals surface area (Å²) in [5.41, 5.74) is 0.642. The number of rotatable bonds is 3. The summed E-state index contributed by atoms with van der Waals surface area (Å²) in [4.78, 5) is 15.0. The van der Waals surface area contributed by atoms with Gasteiger partial charge in [-0.3, -0.25) is 9.36 Å². The Morgan fingerprint density at radius 3 is 3.12 bits per heavy atom. The number of aliphatic hydroxyl groups excluding tert-OH is 1. The number of aliphatic hydroxyl groups is 1. The standard InChI is InChI=1S/C10H12N2O2S2/c1-2-6(13)5-12-9(14)8-7(3-4-16-8)11-10(12)15/h3-4,6,13H,2,5H2,1H3,(H,11,15). The highest BCUT2D eigenvalue weighted by atomic mass is 32.1. The number of nitrogens with zero attached hydrogens (tertiary/aromatic N) is 1. The van der Waals surface area contributed by atoms with Crippen molar-refractivity contribution in [3.63, 3.8) is 0 Å². The fraction of sp³-hybridized carbons (Fsp3) is 0.400. The summed E-state index contributed by atoms with van der Waals surface area (Å²) in [6, 6.07) is 1.83. The van der Waals surface area contributed by atoms with Crippen molar-refractivity contribution in [3.05, 3.63) is 26.6 Å². The van der Waals surface area contributed by atoms with Crippen LogP contribution in [0.2, 0.25) is 0 Å². The van der Waals surface area contributed by atoms with E-state index in [2.05, 4.69) is 4.98 Å². The first-order chi connectivity index (χ1) is 7.63. The molecule has 1 unspecified atom stereocenters. The maximum Gasteiger partial charge on any atom is 0.272 e. The maximum absolute atomic E-state index is 12.0. The van der Waals surface area contributed by atoms with Crippen molar-refractivity contribution >= 4 is 33.8 Å². The van der Waals surface area contributed by atoms with Crippen LogP contribution in [0.1, 0.15) is 13.3 Å².